The second-order valence-electron chi connectivity index (χ2n) is 6.80. The fourth-order valence-corrected chi connectivity index (χ4v) is 3.51. The molecule has 0 aliphatic carbocycles. The minimum Gasteiger partial charge on any atom is -0.486 e. The highest BCUT2D eigenvalue weighted by Gasteiger charge is 2.25. The van der Waals surface area contributed by atoms with E-state index in [-0.39, 0.29) is 6.10 Å². The largest absolute Gasteiger partial charge is 0.486 e. The Hall–Kier alpha value is -2.80. The minimum atomic E-state index is 0.236. The third-order valence-corrected chi connectivity index (χ3v) is 4.76. The molecule has 7 nitrogen and oxygen atoms in total. The molecule has 1 saturated heterocycles. The van der Waals surface area contributed by atoms with E-state index in [9.17, 15) is 0 Å². The van der Waals surface area contributed by atoms with Crippen LogP contribution in [0.15, 0.2) is 30.5 Å². The van der Waals surface area contributed by atoms with Crippen LogP contribution >= 0.6 is 0 Å². The van der Waals surface area contributed by atoms with E-state index in [1.165, 1.54) is 0 Å². The fraction of sp³-hybridized carbons (Fsp3) is 0.368. The van der Waals surface area contributed by atoms with Crippen LogP contribution in [-0.2, 0) is 0 Å². The van der Waals surface area contributed by atoms with E-state index >= 15 is 0 Å². The fourth-order valence-electron chi connectivity index (χ4n) is 3.51. The van der Waals surface area contributed by atoms with E-state index in [0.717, 1.165) is 53.0 Å². The summed E-state index contributed by atoms with van der Waals surface area (Å²) in [5.41, 5.74) is 2.58. The zero-order chi connectivity index (χ0) is 17.7. The normalized spacial score (nSPS) is 17.3. The van der Waals surface area contributed by atoms with Gasteiger partial charge in [0, 0.05) is 25.2 Å². The summed E-state index contributed by atoms with van der Waals surface area (Å²) in [5.74, 6) is 3.16. The van der Waals surface area contributed by atoms with Crippen molar-refractivity contribution in [2.45, 2.75) is 13.0 Å². The summed E-state index contributed by atoms with van der Waals surface area (Å²) in [7, 11) is 2.08. The summed E-state index contributed by atoms with van der Waals surface area (Å²) in [4.78, 5) is 11.5. The zero-order valence-electron chi connectivity index (χ0n) is 14.8. The van der Waals surface area contributed by atoms with Crippen molar-refractivity contribution in [1.82, 2.24) is 19.4 Å². The quantitative estimate of drug-likeness (QED) is 0.720. The number of rotatable bonds is 3. The third kappa shape index (κ3) is 2.55. The van der Waals surface area contributed by atoms with Crippen LogP contribution in [0.5, 0.6) is 17.2 Å². The third-order valence-electron chi connectivity index (χ3n) is 4.76. The van der Waals surface area contributed by atoms with Crippen molar-refractivity contribution in [3.05, 3.63) is 36.3 Å². The SMILES string of the molecule is Cc1nc2cc(OC3CN(C)C3)cnc2n1-c1ccc2c(c1)OCCO2. The van der Waals surface area contributed by atoms with Gasteiger partial charge in [0.25, 0.3) is 0 Å². The smallest absolute Gasteiger partial charge is 0.164 e. The average Bonchev–Trinajstić information content (AvgIpc) is 2.95. The Bertz CT molecular complexity index is 978. The minimum absolute atomic E-state index is 0.236. The molecule has 0 N–H and O–H groups in total. The van der Waals surface area contributed by atoms with Crippen LogP contribution in [-0.4, -0.2) is 58.9 Å². The van der Waals surface area contributed by atoms with E-state index in [1.54, 1.807) is 6.20 Å². The molecule has 3 aromatic rings. The predicted molar refractivity (Wildman–Crippen MR) is 96.5 cm³/mol. The molecule has 7 heteroatoms. The van der Waals surface area contributed by atoms with Gasteiger partial charge in [-0.3, -0.25) is 9.47 Å². The lowest BCUT2D eigenvalue weighted by molar-refractivity contribution is 0.0387. The summed E-state index contributed by atoms with van der Waals surface area (Å²) in [5, 5.41) is 0. The second kappa shape index (κ2) is 5.88. The molecule has 1 aromatic carbocycles. The van der Waals surface area contributed by atoms with E-state index in [2.05, 4.69) is 21.9 Å². The number of nitrogens with zero attached hydrogens (tertiary/aromatic N) is 4. The number of aromatic nitrogens is 3. The van der Waals surface area contributed by atoms with Crippen molar-refractivity contribution in [1.29, 1.82) is 0 Å². The maximum absolute atomic E-state index is 5.97. The number of pyridine rings is 1. The van der Waals surface area contributed by atoms with Gasteiger partial charge in [-0.15, -0.1) is 0 Å². The first-order chi connectivity index (χ1) is 12.7. The molecule has 0 unspecified atom stereocenters. The number of benzene rings is 1. The highest BCUT2D eigenvalue weighted by Crippen LogP contribution is 2.33. The lowest BCUT2D eigenvalue weighted by Gasteiger charge is -2.35. The molecule has 26 heavy (non-hydrogen) atoms. The summed E-state index contributed by atoms with van der Waals surface area (Å²) < 4.78 is 19.3. The molecule has 0 radical (unpaired) electrons. The Labute approximate surface area is 151 Å². The van der Waals surface area contributed by atoms with Gasteiger partial charge < -0.3 is 14.2 Å². The molecule has 0 saturated carbocycles. The molecule has 5 rings (SSSR count). The van der Waals surface area contributed by atoms with Gasteiger partial charge >= 0.3 is 0 Å². The molecule has 1 fully saturated rings. The number of hydrogen-bond acceptors (Lipinski definition) is 6. The molecule has 0 bridgehead atoms. The van der Waals surface area contributed by atoms with Crippen LogP contribution in [0.25, 0.3) is 16.9 Å². The lowest BCUT2D eigenvalue weighted by Crippen LogP contribution is -2.51. The summed E-state index contributed by atoms with van der Waals surface area (Å²) >= 11 is 0. The Morgan fingerprint density at radius 3 is 2.73 bits per heavy atom. The van der Waals surface area contributed by atoms with Crippen molar-refractivity contribution in [3.8, 4) is 22.9 Å². The van der Waals surface area contributed by atoms with E-state index < -0.39 is 0 Å². The number of likely N-dealkylation sites (N-methyl/N-ethyl adjacent to an activating group) is 1. The molecular weight excluding hydrogens is 332 g/mol. The summed E-state index contributed by atoms with van der Waals surface area (Å²) in [6, 6.07) is 7.86. The Balaban J connectivity index is 1.51. The van der Waals surface area contributed by atoms with Gasteiger partial charge in [0.15, 0.2) is 17.1 Å². The molecule has 2 aromatic heterocycles. The number of likely N-dealkylation sites (tertiary alicyclic amines) is 1. The lowest BCUT2D eigenvalue weighted by atomic mass is 10.2. The van der Waals surface area contributed by atoms with Crippen molar-refractivity contribution < 1.29 is 14.2 Å². The van der Waals surface area contributed by atoms with Crippen molar-refractivity contribution >= 4 is 11.2 Å². The summed E-state index contributed by atoms with van der Waals surface area (Å²) in [6.07, 6.45) is 2.01. The molecule has 134 valence electrons. The zero-order valence-corrected chi connectivity index (χ0v) is 14.8. The van der Waals surface area contributed by atoms with Gasteiger partial charge in [0.1, 0.15) is 36.4 Å². The molecule has 2 aliphatic heterocycles. The van der Waals surface area contributed by atoms with Gasteiger partial charge in [-0.1, -0.05) is 0 Å². The maximum atomic E-state index is 5.97. The van der Waals surface area contributed by atoms with Crippen molar-refractivity contribution in [2.75, 3.05) is 33.4 Å². The first-order valence-electron chi connectivity index (χ1n) is 8.78. The monoisotopic (exact) mass is 352 g/mol. The van der Waals surface area contributed by atoms with Gasteiger partial charge in [-0.05, 0) is 26.1 Å². The van der Waals surface area contributed by atoms with E-state index in [0.29, 0.717) is 13.2 Å². The molecule has 0 spiro atoms. The number of aryl methyl sites for hydroxylation is 1. The highest BCUT2D eigenvalue weighted by atomic mass is 16.6. The standard InChI is InChI=1S/C19H20N4O3/c1-12-21-16-8-14(26-15-10-22(2)11-15)9-20-19(16)23(12)13-3-4-17-18(7-13)25-6-5-24-17/h3-4,7-9,15H,5-6,10-11H2,1-2H3. The average molecular weight is 352 g/mol. The van der Waals surface area contributed by atoms with Gasteiger partial charge in [0.2, 0.25) is 0 Å². The first-order valence-corrected chi connectivity index (χ1v) is 8.78. The van der Waals surface area contributed by atoms with Crippen LogP contribution in [0.3, 0.4) is 0 Å². The molecular formula is C19H20N4O3. The Morgan fingerprint density at radius 1 is 1.12 bits per heavy atom. The van der Waals surface area contributed by atoms with Crippen molar-refractivity contribution in [3.63, 3.8) is 0 Å². The number of imidazole rings is 1. The molecule has 4 heterocycles. The molecule has 2 aliphatic rings. The Kier molecular flexibility index (Phi) is 3.49. The summed E-state index contributed by atoms with van der Waals surface area (Å²) in [6.45, 7) is 5.02. The second-order valence-corrected chi connectivity index (χ2v) is 6.80. The predicted octanol–water partition coefficient (Wildman–Crippen LogP) is 2.19. The van der Waals surface area contributed by atoms with Crippen LogP contribution in [0, 0.1) is 6.92 Å². The molecule has 0 atom stereocenters. The van der Waals surface area contributed by atoms with Crippen LogP contribution in [0.1, 0.15) is 5.82 Å². The first kappa shape index (κ1) is 15.5. The maximum Gasteiger partial charge on any atom is 0.164 e. The van der Waals surface area contributed by atoms with Gasteiger partial charge in [-0.2, -0.15) is 0 Å². The van der Waals surface area contributed by atoms with Gasteiger partial charge in [0.05, 0.1) is 11.9 Å². The molecule has 0 amide bonds. The van der Waals surface area contributed by atoms with E-state index in [1.807, 2.05) is 35.8 Å². The topological polar surface area (TPSA) is 61.6 Å². The number of fused-ring (bicyclic) bond motifs is 2. The van der Waals surface area contributed by atoms with Crippen LogP contribution < -0.4 is 14.2 Å². The van der Waals surface area contributed by atoms with Gasteiger partial charge in [-0.25, -0.2) is 9.97 Å². The van der Waals surface area contributed by atoms with Crippen LogP contribution in [0.4, 0.5) is 0 Å². The Morgan fingerprint density at radius 2 is 1.92 bits per heavy atom. The highest BCUT2D eigenvalue weighted by molar-refractivity contribution is 5.75. The van der Waals surface area contributed by atoms with Crippen LogP contribution in [0.2, 0.25) is 0 Å². The number of ether oxygens (including phenoxy) is 3. The van der Waals surface area contributed by atoms with Crippen molar-refractivity contribution in [2.24, 2.45) is 0 Å². The number of hydrogen-bond donors (Lipinski definition) is 0. The van der Waals surface area contributed by atoms with E-state index in [4.69, 9.17) is 14.2 Å².